The topological polar surface area (TPSA) is 65.6 Å². The smallest absolute Gasteiger partial charge is 0.163 e. The van der Waals surface area contributed by atoms with Crippen molar-refractivity contribution in [3.63, 3.8) is 0 Å². The van der Waals surface area contributed by atoms with Gasteiger partial charge < -0.3 is 15.6 Å². The number of aryl methyl sites for hydroxylation is 1. The lowest BCUT2D eigenvalue weighted by atomic mass is 10.2. The van der Waals surface area contributed by atoms with E-state index in [1.807, 2.05) is 31.2 Å². The van der Waals surface area contributed by atoms with Crippen LogP contribution >= 0.6 is 23.2 Å². The molecule has 4 aromatic rings. The molecule has 2 aromatic heterocycles. The van der Waals surface area contributed by atoms with Crippen molar-refractivity contribution in [2.24, 2.45) is 0 Å². The molecule has 0 saturated heterocycles. The van der Waals surface area contributed by atoms with Gasteiger partial charge in [-0.3, -0.25) is 0 Å². The lowest BCUT2D eigenvalue weighted by Gasteiger charge is -2.10. The SMILES string of the molecule is Cc1cc(NCCNc2cc3ccccc3[nH]2)nc(-c2ccc(Cl)cc2Cl)n1. The van der Waals surface area contributed by atoms with Crippen LogP contribution in [0.15, 0.2) is 54.6 Å². The van der Waals surface area contributed by atoms with E-state index in [-0.39, 0.29) is 0 Å². The predicted molar refractivity (Wildman–Crippen MR) is 118 cm³/mol. The minimum absolute atomic E-state index is 0.532. The van der Waals surface area contributed by atoms with Gasteiger partial charge in [0.2, 0.25) is 0 Å². The number of hydrogen-bond donors (Lipinski definition) is 3. The number of para-hydroxylation sites is 1. The number of hydrogen-bond acceptors (Lipinski definition) is 4. The lowest BCUT2D eigenvalue weighted by molar-refractivity contribution is 1.03. The molecule has 3 N–H and O–H groups in total. The van der Waals surface area contributed by atoms with E-state index in [0.717, 1.165) is 35.0 Å². The zero-order valence-corrected chi connectivity index (χ0v) is 16.8. The standard InChI is InChI=1S/C21H19Cl2N5/c1-13-10-19(28-21(26-13)16-7-6-15(22)12-17(16)23)24-8-9-25-20-11-14-4-2-3-5-18(14)27-20/h2-7,10-12,25,27H,8-9H2,1H3,(H,24,26,28). The first-order valence-corrected chi connectivity index (χ1v) is 9.71. The maximum absolute atomic E-state index is 6.30. The molecule has 0 unspecified atom stereocenters. The van der Waals surface area contributed by atoms with E-state index >= 15 is 0 Å². The van der Waals surface area contributed by atoms with Gasteiger partial charge in [-0.15, -0.1) is 0 Å². The molecule has 0 aliphatic carbocycles. The molecular formula is C21H19Cl2N5. The van der Waals surface area contributed by atoms with Gasteiger partial charge >= 0.3 is 0 Å². The zero-order chi connectivity index (χ0) is 19.5. The first-order chi connectivity index (χ1) is 13.6. The molecule has 0 atom stereocenters. The molecule has 2 heterocycles. The monoisotopic (exact) mass is 411 g/mol. The van der Waals surface area contributed by atoms with Crippen LogP contribution in [0, 0.1) is 6.92 Å². The fourth-order valence-electron chi connectivity index (χ4n) is 3.01. The van der Waals surface area contributed by atoms with Crippen LogP contribution in [0.25, 0.3) is 22.3 Å². The average molecular weight is 412 g/mol. The van der Waals surface area contributed by atoms with Crippen molar-refractivity contribution < 1.29 is 0 Å². The Morgan fingerprint density at radius 3 is 2.57 bits per heavy atom. The second kappa shape index (κ2) is 8.09. The maximum Gasteiger partial charge on any atom is 0.163 e. The highest BCUT2D eigenvalue weighted by molar-refractivity contribution is 6.36. The number of H-pyrrole nitrogens is 1. The summed E-state index contributed by atoms with van der Waals surface area (Å²) in [5, 5.41) is 9.02. The van der Waals surface area contributed by atoms with Gasteiger partial charge in [0.25, 0.3) is 0 Å². The minimum Gasteiger partial charge on any atom is -0.370 e. The number of fused-ring (bicyclic) bond motifs is 1. The first kappa shape index (κ1) is 18.6. The van der Waals surface area contributed by atoms with Gasteiger partial charge in [-0.05, 0) is 37.3 Å². The van der Waals surface area contributed by atoms with Crippen LogP contribution in [0.5, 0.6) is 0 Å². The van der Waals surface area contributed by atoms with Crippen LogP contribution in [0.2, 0.25) is 10.0 Å². The van der Waals surface area contributed by atoms with E-state index < -0.39 is 0 Å². The summed E-state index contributed by atoms with van der Waals surface area (Å²) >= 11 is 12.3. The molecule has 142 valence electrons. The fraction of sp³-hybridized carbons (Fsp3) is 0.143. The lowest BCUT2D eigenvalue weighted by Crippen LogP contribution is -2.15. The zero-order valence-electron chi connectivity index (χ0n) is 15.3. The molecule has 5 nitrogen and oxygen atoms in total. The van der Waals surface area contributed by atoms with E-state index in [1.165, 1.54) is 5.39 Å². The number of anilines is 2. The van der Waals surface area contributed by atoms with Crippen molar-refractivity contribution in [2.75, 3.05) is 23.7 Å². The van der Waals surface area contributed by atoms with E-state index in [2.05, 4.69) is 43.8 Å². The normalized spacial score (nSPS) is 11.0. The van der Waals surface area contributed by atoms with Crippen LogP contribution in [0.1, 0.15) is 5.69 Å². The number of aromatic nitrogens is 3. The van der Waals surface area contributed by atoms with E-state index in [1.54, 1.807) is 12.1 Å². The number of benzene rings is 2. The number of aromatic amines is 1. The second-order valence-corrected chi connectivity index (χ2v) is 7.31. The van der Waals surface area contributed by atoms with Crippen LogP contribution in [-0.4, -0.2) is 28.0 Å². The summed E-state index contributed by atoms with van der Waals surface area (Å²) in [4.78, 5) is 12.4. The maximum atomic E-state index is 6.30. The predicted octanol–water partition coefficient (Wildman–Crippen LogP) is 5.76. The third-order valence-corrected chi connectivity index (χ3v) is 4.85. The van der Waals surface area contributed by atoms with Crippen molar-refractivity contribution in [1.29, 1.82) is 0 Å². The third-order valence-electron chi connectivity index (χ3n) is 4.30. The highest BCUT2D eigenvalue weighted by Gasteiger charge is 2.09. The quantitative estimate of drug-likeness (QED) is 0.352. The van der Waals surface area contributed by atoms with Crippen LogP contribution in [0.4, 0.5) is 11.6 Å². The summed E-state index contributed by atoms with van der Waals surface area (Å²) in [5.74, 6) is 2.33. The molecule has 0 aliphatic heterocycles. The summed E-state index contributed by atoms with van der Waals surface area (Å²) in [5.41, 5.74) is 2.74. The summed E-state index contributed by atoms with van der Waals surface area (Å²) < 4.78 is 0. The van der Waals surface area contributed by atoms with Crippen molar-refractivity contribution in [2.45, 2.75) is 6.92 Å². The largest absolute Gasteiger partial charge is 0.370 e. The van der Waals surface area contributed by atoms with Gasteiger partial charge in [-0.25, -0.2) is 9.97 Å². The van der Waals surface area contributed by atoms with E-state index in [0.29, 0.717) is 22.4 Å². The molecule has 28 heavy (non-hydrogen) atoms. The van der Waals surface area contributed by atoms with Gasteiger partial charge in [-0.2, -0.15) is 0 Å². The highest BCUT2D eigenvalue weighted by atomic mass is 35.5. The number of halogens is 2. The van der Waals surface area contributed by atoms with Crippen LogP contribution in [-0.2, 0) is 0 Å². The van der Waals surface area contributed by atoms with Crippen LogP contribution < -0.4 is 10.6 Å². The molecule has 4 rings (SSSR count). The van der Waals surface area contributed by atoms with Crippen LogP contribution in [0.3, 0.4) is 0 Å². The van der Waals surface area contributed by atoms with Crippen molar-refractivity contribution in [1.82, 2.24) is 15.0 Å². The van der Waals surface area contributed by atoms with E-state index in [9.17, 15) is 0 Å². The minimum atomic E-state index is 0.532. The number of rotatable bonds is 6. The fourth-order valence-corrected chi connectivity index (χ4v) is 3.50. The Bertz CT molecular complexity index is 1090. The van der Waals surface area contributed by atoms with Crippen molar-refractivity contribution in [3.8, 4) is 11.4 Å². The molecule has 0 bridgehead atoms. The summed E-state index contributed by atoms with van der Waals surface area (Å²) in [6.07, 6.45) is 0. The highest BCUT2D eigenvalue weighted by Crippen LogP contribution is 2.29. The van der Waals surface area contributed by atoms with Gasteiger partial charge in [0.05, 0.1) is 5.02 Å². The van der Waals surface area contributed by atoms with Gasteiger partial charge in [0.15, 0.2) is 5.82 Å². The Hall–Kier alpha value is -2.76. The molecule has 0 spiro atoms. The Morgan fingerprint density at radius 1 is 0.929 bits per heavy atom. The Morgan fingerprint density at radius 2 is 1.75 bits per heavy atom. The summed E-state index contributed by atoms with van der Waals surface area (Å²) in [6, 6.07) is 17.5. The molecule has 2 aromatic carbocycles. The third kappa shape index (κ3) is 4.21. The second-order valence-electron chi connectivity index (χ2n) is 6.47. The average Bonchev–Trinajstić information content (AvgIpc) is 3.07. The Balaban J connectivity index is 1.41. The molecule has 7 heteroatoms. The molecule has 0 saturated carbocycles. The van der Waals surface area contributed by atoms with E-state index in [4.69, 9.17) is 23.2 Å². The molecule has 0 aliphatic rings. The number of nitrogens with zero attached hydrogens (tertiary/aromatic N) is 2. The molecular weight excluding hydrogens is 393 g/mol. The molecule has 0 radical (unpaired) electrons. The first-order valence-electron chi connectivity index (χ1n) is 8.95. The van der Waals surface area contributed by atoms with Gasteiger partial charge in [-0.1, -0.05) is 41.4 Å². The Kier molecular flexibility index (Phi) is 5.37. The summed E-state index contributed by atoms with van der Waals surface area (Å²) in [6.45, 7) is 3.38. The Labute approximate surface area is 173 Å². The van der Waals surface area contributed by atoms with Gasteiger partial charge in [0, 0.05) is 46.3 Å². The number of nitrogens with one attached hydrogen (secondary N) is 3. The van der Waals surface area contributed by atoms with Gasteiger partial charge in [0.1, 0.15) is 11.6 Å². The molecule has 0 fully saturated rings. The van der Waals surface area contributed by atoms with Crippen molar-refractivity contribution >= 4 is 45.7 Å². The van der Waals surface area contributed by atoms with Crippen molar-refractivity contribution in [3.05, 3.63) is 70.3 Å². The molecule has 0 amide bonds. The summed E-state index contributed by atoms with van der Waals surface area (Å²) in [7, 11) is 0.